The minimum Gasteiger partial charge on any atom is -0.0711 e. The highest BCUT2D eigenvalue weighted by Gasteiger charge is 2.61. The van der Waals surface area contributed by atoms with Crippen molar-refractivity contribution in [2.75, 3.05) is 0 Å². The van der Waals surface area contributed by atoms with E-state index in [1.165, 1.54) is 50.3 Å². The lowest BCUT2D eigenvalue weighted by Gasteiger charge is -2.53. The number of unbranched alkanes of at least 4 members (excludes halogenated alkanes) is 1. The summed E-state index contributed by atoms with van der Waals surface area (Å²) in [6, 6.07) is 16.6. The van der Waals surface area contributed by atoms with Crippen LogP contribution in [0.4, 0.5) is 0 Å². The van der Waals surface area contributed by atoms with E-state index in [0.717, 1.165) is 52.5 Å². The van der Waals surface area contributed by atoms with Gasteiger partial charge < -0.3 is 0 Å². The van der Waals surface area contributed by atoms with Crippen molar-refractivity contribution >= 4 is 26.0 Å². The molecule has 208 valence electrons. The van der Waals surface area contributed by atoms with Crippen LogP contribution in [0.2, 0.25) is 37.3 Å². The van der Waals surface area contributed by atoms with Gasteiger partial charge in [-0.2, -0.15) is 0 Å². The first-order chi connectivity index (χ1) is 18.2. The first-order valence-corrected chi connectivity index (χ1v) is 23.9. The summed E-state index contributed by atoms with van der Waals surface area (Å²) in [4.78, 5) is 0. The number of hydrogen-bond acceptors (Lipinski definition) is 0. The standard InChI is InChI=1S/C36H56Si2/c1-7-8-13-26-20-21-29(23-26)37(3,4)38(5,6)36-25(2)22-33-34(36)24-28-16-12-18-31(28)35(33)32-19-11-15-27-14-9-10-17-30(27)32/h9-11,14-15,17,19,25-26,28-29,31,33-36H,7-8,12-13,16,18,20-24H2,1-6H3. The molecule has 0 spiro atoms. The maximum absolute atomic E-state index is 2.93. The van der Waals surface area contributed by atoms with Gasteiger partial charge in [-0.15, -0.1) is 0 Å². The summed E-state index contributed by atoms with van der Waals surface area (Å²) in [6.45, 7) is 16.7. The second-order valence-corrected chi connectivity index (χ2v) is 31.8. The smallest absolute Gasteiger partial charge is 0.0451 e. The van der Waals surface area contributed by atoms with Gasteiger partial charge in [-0.1, -0.05) is 134 Å². The minimum atomic E-state index is -1.38. The summed E-state index contributed by atoms with van der Waals surface area (Å²) in [6.07, 6.45) is 16.6. The molecule has 4 fully saturated rings. The average Bonchev–Trinajstić information content (AvgIpc) is 3.64. The van der Waals surface area contributed by atoms with E-state index in [2.05, 4.69) is 82.5 Å². The molecule has 0 amide bonds. The quantitative estimate of drug-likeness (QED) is 0.304. The van der Waals surface area contributed by atoms with Gasteiger partial charge in [0, 0.05) is 15.2 Å². The van der Waals surface area contributed by atoms with Gasteiger partial charge >= 0.3 is 0 Å². The van der Waals surface area contributed by atoms with Crippen molar-refractivity contribution in [1.29, 1.82) is 0 Å². The summed E-state index contributed by atoms with van der Waals surface area (Å²) >= 11 is 0. The molecule has 4 aliphatic rings. The van der Waals surface area contributed by atoms with Gasteiger partial charge in [-0.3, -0.25) is 0 Å². The Balaban J connectivity index is 1.33. The lowest BCUT2D eigenvalue weighted by atomic mass is 9.61. The number of rotatable bonds is 7. The van der Waals surface area contributed by atoms with E-state index in [4.69, 9.17) is 0 Å². The largest absolute Gasteiger partial charge is 0.0711 e. The fourth-order valence-corrected chi connectivity index (χ4v) is 26.1. The van der Waals surface area contributed by atoms with Crippen LogP contribution in [0.25, 0.3) is 10.8 Å². The maximum atomic E-state index is 2.93. The summed E-state index contributed by atoms with van der Waals surface area (Å²) in [5.74, 6) is 6.66. The van der Waals surface area contributed by atoms with E-state index in [0.29, 0.717) is 0 Å². The monoisotopic (exact) mass is 544 g/mol. The Morgan fingerprint density at radius 1 is 0.763 bits per heavy atom. The highest BCUT2D eigenvalue weighted by molar-refractivity contribution is 7.41. The molecule has 38 heavy (non-hydrogen) atoms. The SMILES string of the molecule is CCCCC1CCC([Si](C)(C)[Si](C)(C)C2C(C)CC3C2CC2CCCC2C3c2cccc3ccccc23)C1. The molecular formula is C36H56Si2. The zero-order chi connectivity index (χ0) is 26.7. The lowest BCUT2D eigenvalue weighted by Crippen LogP contribution is -2.62. The van der Waals surface area contributed by atoms with Gasteiger partial charge in [-0.25, -0.2) is 0 Å². The number of fused-ring (bicyclic) bond motifs is 3. The molecule has 9 atom stereocenters. The Labute approximate surface area is 236 Å². The lowest BCUT2D eigenvalue weighted by molar-refractivity contribution is 0.122. The van der Waals surface area contributed by atoms with Crippen molar-refractivity contribution in [3.05, 3.63) is 48.0 Å². The van der Waals surface area contributed by atoms with Crippen molar-refractivity contribution in [1.82, 2.24) is 0 Å². The molecule has 0 aliphatic heterocycles. The molecule has 0 N–H and O–H groups in total. The summed E-state index contributed by atoms with van der Waals surface area (Å²) in [5, 5.41) is 3.03. The van der Waals surface area contributed by atoms with Crippen molar-refractivity contribution in [3.63, 3.8) is 0 Å². The van der Waals surface area contributed by atoms with Crippen LogP contribution in [0, 0.1) is 35.5 Å². The van der Waals surface area contributed by atoms with Gasteiger partial charge in [-0.05, 0) is 88.1 Å². The van der Waals surface area contributed by atoms with Crippen LogP contribution in [-0.4, -0.2) is 15.2 Å². The third-order valence-corrected chi connectivity index (χ3v) is 34.4. The molecule has 9 unspecified atom stereocenters. The van der Waals surface area contributed by atoms with Crippen molar-refractivity contribution in [3.8, 4) is 0 Å². The van der Waals surface area contributed by atoms with Gasteiger partial charge in [0.05, 0.1) is 0 Å². The Morgan fingerprint density at radius 3 is 2.37 bits per heavy atom. The predicted molar refractivity (Wildman–Crippen MR) is 172 cm³/mol. The molecule has 0 nitrogen and oxygen atoms in total. The first kappa shape index (κ1) is 27.3. The highest BCUT2D eigenvalue weighted by Crippen LogP contribution is 2.67. The Bertz CT molecular complexity index is 1110. The van der Waals surface area contributed by atoms with E-state index in [1.54, 1.807) is 36.6 Å². The van der Waals surface area contributed by atoms with Gasteiger partial charge in [0.1, 0.15) is 0 Å². The Kier molecular flexibility index (Phi) is 7.56. The molecule has 0 saturated heterocycles. The molecule has 0 heterocycles. The molecule has 0 bridgehead atoms. The fourth-order valence-electron chi connectivity index (χ4n) is 11.4. The minimum absolute atomic E-state index is 0.805. The van der Waals surface area contributed by atoms with Crippen LogP contribution in [0.15, 0.2) is 42.5 Å². The van der Waals surface area contributed by atoms with E-state index >= 15 is 0 Å². The highest BCUT2D eigenvalue weighted by atomic mass is 29.3. The van der Waals surface area contributed by atoms with E-state index in [9.17, 15) is 0 Å². The van der Waals surface area contributed by atoms with Crippen molar-refractivity contribution in [2.24, 2.45) is 35.5 Å². The molecule has 0 aromatic heterocycles. The summed E-state index contributed by atoms with van der Waals surface area (Å²) < 4.78 is 0. The Hall–Kier alpha value is -0.866. The summed E-state index contributed by atoms with van der Waals surface area (Å²) in [5.41, 5.74) is 3.89. The second kappa shape index (κ2) is 10.5. The molecule has 4 saturated carbocycles. The number of benzene rings is 2. The number of hydrogen-bond donors (Lipinski definition) is 0. The van der Waals surface area contributed by atoms with Crippen LogP contribution < -0.4 is 0 Å². The van der Waals surface area contributed by atoms with Crippen LogP contribution >= 0.6 is 0 Å². The van der Waals surface area contributed by atoms with E-state index in [-0.39, 0.29) is 0 Å². The molecule has 4 aliphatic carbocycles. The van der Waals surface area contributed by atoms with Crippen LogP contribution in [0.5, 0.6) is 0 Å². The topological polar surface area (TPSA) is 0 Å². The average molecular weight is 545 g/mol. The van der Waals surface area contributed by atoms with Crippen molar-refractivity contribution in [2.45, 2.75) is 128 Å². The van der Waals surface area contributed by atoms with Gasteiger partial charge in [0.25, 0.3) is 0 Å². The summed E-state index contributed by atoms with van der Waals surface area (Å²) in [7, 11) is -2.69. The third-order valence-electron chi connectivity index (χ3n) is 13.7. The zero-order valence-corrected chi connectivity index (χ0v) is 27.5. The second-order valence-electron chi connectivity index (χ2n) is 15.7. The van der Waals surface area contributed by atoms with Gasteiger partial charge in [0.15, 0.2) is 0 Å². The van der Waals surface area contributed by atoms with Crippen molar-refractivity contribution < 1.29 is 0 Å². The van der Waals surface area contributed by atoms with Crippen LogP contribution in [0.3, 0.4) is 0 Å². The van der Waals surface area contributed by atoms with Gasteiger partial charge in [0.2, 0.25) is 0 Å². The molecule has 2 aromatic carbocycles. The maximum Gasteiger partial charge on any atom is 0.0451 e. The van der Waals surface area contributed by atoms with E-state index in [1.807, 2.05) is 0 Å². The molecule has 6 rings (SSSR count). The molecule has 0 radical (unpaired) electrons. The third kappa shape index (κ3) is 4.43. The molecule has 2 heteroatoms. The normalized spacial score (nSPS) is 37.5. The van der Waals surface area contributed by atoms with Crippen LogP contribution in [0.1, 0.15) is 96.0 Å². The zero-order valence-electron chi connectivity index (χ0n) is 25.5. The predicted octanol–water partition coefficient (Wildman–Crippen LogP) is 11.2. The fraction of sp³-hybridized carbons (Fsp3) is 0.722. The Morgan fingerprint density at radius 2 is 1.55 bits per heavy atom. The van der Waals surface area contributed by atoms with E-state index < -0.39 is 15.2 Å². The first-order valence-electron chi connectivity index (χ1n) is 16.7. The van der Waals surface area contributed by atoms with Crippen LogP contribution in [-0.2, 0) is 0 Å². The molecular weight excluding hydrogens is 489 g/mol. The molecule has 2 aromatic rings.